The van der Waals surface area contributed by atoms with Crippen molar-refractivity contribution in [2.45, 2.75) is 38.6 Å². The van der Waals surface area contributed by atoms with Gasteiger partial charge in [0, 0.05) is 12.6 Å². The molecule has 0 radical (unpaired) electrons. The monoisotopic (exact) mass is 342 g/mol. The summed E-state index contributed by atoms with van der Waals surface area (Å²) in [5.41, 5.74) is 6.50. The first-order chi connectivity index (χ1) is 12.2. The highest BCUT2D eigenvalue weighted by Crippen LogP contribution is 2.35. The predicted molar refractivity (Wildman–Crippen MR) is 97.6 cm³/mol. The molecule has 1 saturated heterocycles. The Morgan fingerprint density at radius 1 is 1.24 bits per heavy atom. The van der Waals surface area contributed by atoms with E-state index in [0.29, 0.717) is 5.82 Å². The van der Waals surface area contributed by atoms with Crippen LogP contribution in [0.4, 0.5) is 23.0 Å². The van der Waals surface area contributed by atoms with Crippen molar-refractivity contribution in [3.63, 3.8) is 0 Å². The van der Waals surface area contributed by atoms with E-state index < -0.39 is 4.92 Å². The van der Waals surface area contributed by atoms with Gasteiger partial charge in [-0.15, -0.1) is 0 Å². The van der Waals surface area contributed by atoms with E-state index in [9.17, 15) is 10.1 Å². The third kappa shape index (κ3) is 3.78. The molecule has 0 amide bonds. The molecule has 132 valence electrons. The summed E-state index contributed by atoms with van der Waals surface area (Å²) in [6, 6.07) is 9.65. The second-order valence-electron chi connectivity index (χ2n) is 6.02. The largest absolute Gasteiger partial charge is 0.355 e. The van der Waals surface area contributed by atoms with E-state index in [1.54, 1.807) is 0 Å². The minimum absolute atomic E-state index is 0.0914. The standard InChI is InChI=1S/C17H22N6O2/c1-2-14-10-6-7-11-22(14)17-15(23(24)25)16(18-12-19-17)21-20-13-8-4-3-5-9-13/h3-5,8-9,12,14,20H,2,6-7,10-11H2,1H3,(H,18,19,21). The Balaban J connectivity index is 1.90. The summed E-state index contributed by atoms with van der Waals surface area (Å²) in [4.78, 5) is 21.7. The molecule has 1 unspecified atom stereocenters. The fourth-order valence-electron chi connectivity index (χ4n) is 3.20. The van der Waals surface area contributed by atoms with Crippen molar-refractivity contribution in [3.8, 4) is 0 Å². The molecule has 1 aliphatic heterocycles. The zero-order chi connectivity index (χ0) is 17.6. The molecule has 2 N–H and O–H groups in total. The number of benzene rings is 1. The second-order valence-corrected chi connectivity index (χ2v) is 6.02. The van der Waals surface area contributed by atoms with Crippen LogP contribution in [0.2, 0.25) is 0 Å². The Morgan fingerprint density at radius 2 is 2.04 bits per heavy atom. The minimum atomic E-state index is -0.411. The summed E-state index contributed by atoms with van der Waals surface area (Å²) in [5, 5.41) is 11.7. The number of nitrogens with zero attached hydrogens (tertiary/aromatic N) is 4. The van der Waals surface area contributed by atoms with Crippen molar-refractivity contribution in [2.75, 3.05) is 22.3 Å². The lowest BCUT2D eigenvalue weighted by Crippen LogP contribution is -2.40. The molecule has 8 nitrogen and oxygen atoms in total. The van der Waals surface area contributed by atoms with Crippen molar-refractivity contribution < 1.29 is 4.92 Å². The fraction of sp³-hybridized carbons (Fsp3) is 0.412. The van der Waals surface area contributed by atoms with Gasteiger partial charge in [-0.3, -0.25) is 21.0 Å². The maximum atomic E-state index is 11.7. The maximum Gasteiger partial charge on any atom is 0.355 e. The van der Waals surface area contributed by atoms with Gasteiger partial charge in [0.1, 0.15) is 6.33 Å². The molecular formula is C17H22N6O2. The zero-order valence-electron chi connectivity index (χ0n) is 14.2. The topological polar surface area (TPSA) is 96.2 Å². The maximum absolute atomic E-state index is 11.7. The Bertz CT molecular complexity index is 724. The number of anilines is 3. The average Bonchev–Trinajstić information content (AvgIpc) is 2.66. The number of hydrazine groups is 1. The highest BCUT2D eigenvalue weighted by atomic mass is 16.6. The number of aromatic nitrogens is 2. The summed E-state index contributed by atoms with van der Waals surface area (Å²) in [6.07, 6.45) is 5.50. The molecule has 1 aromatic carbocycles. The first-order valence-corrected chi connectivity index (χ1v) is 8.53. The van der Waals surface area contributed by atoms with Gasteiger partial charge in [-0.2, -0.15) is 0 Å². The molecular weight excluding hydrogens is 320 g/mol. The zero-order valence-corrected chi connectivity index (χ0v) is 14.2. The van der Waals surface area contributed by atoms with Crippen LogP contribution in [0.5, 0.6) is 0 Å². The smallest absolute Gasteiger partial charge is 0.348 e. The molecule has 1 atom stereocenters. The van der Waals surface area contributed by atoms with Crippen LogP contribution in [0.25, 0.3) is 0 Å². The molecule has 0 saturated carbocycles. The van der Waals surface area contributed by atoms with Gasteiger partial charge in [-0.05, 0) is 37.8 Å². The first-order valence-electron chi connectivity index (χ1n) is 8.53. The van der Waals surface area contributed by atoms with Crippen molar-refractivity contribution >= 4 is 23.0 Å². The van der Waals surface area contributed by atoms with Crippen molar-refractivity contribution in [1.29, 1.82) is 0 Å². The minimum Gasteiger partial charge on any atom is -0.348 e. The van der Waals surface area contributed by atoms with Crippen molar-refractivity contribution in [2.24, 2.45) is 0 Å². The number of hydrogen-bond acceptors (Lipinski definition) is 7. The van der Waals surface area contributed by atoms with Gasteiger partial charge >= 0.3 is 5.69 Å². The predicted octanol–water partition coefficient (Wildman–Crippen LogP) is 3.59. The summed E-state index contributed by atoms with van der Waals surface area (Å²) >= 11 is 0. The Morgan fingerprint density at radius 3 is 2.76 bits per heavy atom. The normalized spacial score (nSPS) is 17.2. The molecule has 0 spiro atoms. The van der Waals surface area contributed by atoms with Crippen molar-refractivity contribution in [1.82, 2.24) is 9.97 Å². The van der Waals surface area contributed by atoms with E-state index in [-0.39, 0.29) is 17.5 Å². The van der Waals surface area contributed by atoms with Crippen LogP contribution in [0.1, 0.15) is 32.6 Å². The summed E-state index contributed by atoms with van der Waals surface area (Å²) in [7, 11) is 0. The third-order valence-corrected chi connectivity index (χ3v) is 4.46. The molecule has 0 bridgehead atoms. The van der Waals surface area contributed by atoms with E-state index in [1.807, 2.05) is 30.3 Å². The summed E-state index contributed by atoms with van der Waals surface area (Å²) in [5.74, 6) is 0.559. The van der Waals surface area contributed by atoms with Gasteiger partial charge in [0.15, 0.2) is 0 Å². The highest BCUT2D eigenvalue weighted by molar-refractivity contribution is 5.71. The van der Waals surface area contributed by atoms with Crippen molar-refractivity contribution in [3.05, 3.63) is 46.8 Å². The van der Waals surface area contributed by atoms with Gasteiger partial charge in [0.25, 0.3) is 0 Å². The number of hydrogen-bond donors (Lipinski definition) is 2. The van der Waals surface area contributed by atoms with Crippen LogP contribution in [0.3, 0.4) is 0 Å². The molecule has 25 heavy (non-hydrogen) atoms. The van der Waals surface area contributed by atoms with Crippen LogP contribution < -0.4 is 15.8 Å². The molecule has 1 aliphatic rings. The Kier molecular flexibility index (Phi) is 5.27. The first kappa shape index (κ1) is 16.9. The van der Waals surface area contributed by atoms with Gasteiger partial charge in [-0.25, -0.2) is 9.97 Å². The average molecular weight is 342 g/mol. The van der Waals surface area contributed by atoms with Gasteiger partial charge in [0.2, 0.25) is 11.6 Å². The van der Waals surface area contributed by atoms with Crippen LogP contribution >= 0.6 is 0 Å². The fourth-order valence-corrected chi connectivity index (χ4v) is 3.20. The molecule has 1 fully saturated rings. The lowest BCUT2D eigenvalue weighted by Gasteiger charge is -2.35. The second kappa shape index (κ2) is 7.78. The number of para-hydroxylation sites is 1. The molecule has 0 aliphatic carbocycles. The molecule has 8 heteroatoms. The summed E-state index contributed by atoms with van der Waals surface area (Å²) < 4.78 is 0. The quantitative estimate of drug-likeness (QED) is 0.611. The molecule has 3 rings (SSSR count). The van der Waals surface area contributed by atoms with E-state index in [1.165, 1.54) is 6.33 Å². The number of rotatable bonds is 6. The van der Waals surface area contributed by atoms with Crippen LogP contribution in [0, 0.1) is 10.1 Å². The Labute approximate surface area is 146 Å². The summed E-state index contributed by atoms with van der Waals surface area (Å²) in [6.45, 7) is 2.88. The Hall–Kier alpha value is -2.90. The van der Waals surface area contributed by atoms with Gasteiger partial charge < -0.3 is 4.90 Å². The molecule has 2 aromatic rings. The van der Waals surface area contributed by atoms with E-state index in [0.717, 1.165) is 37.9 Å². The van der Waals surface area contributed by atoms with Crippen LogP contribution in [0.15, 0.2) is 36.7 Å². The highest BCUT2D eigenvalue weighted by Gasteiger charge is 2.31. The number of nitrogens with one attached hydrogen (secondary N) is 2. The lowest BCUT2D eigenvalue weighted by atomic mass is 10.00. The lowest BCUT2D eigenvalue weighted by molar-refractivity contribution is -0.383. The third-order valence-electron chi connectivity index (χ3n) is 4.46. The number of piperidine rings is 1. The van der Waals surface area contributed by atoms with Gasteiger partial charge in [-0.1, -0.05) is 25.1 Å². The van der Waals surface area contributed by atoms with Crippen LogP contribution in [-0.2, 0) is 0 Å². The SMILES string of the molecule is CCC1CCCCN1c1ncnc(NNc2ccccc2)c1[N+](=O)[O-]. The van der Waals surface area contributed by atoms with Crippen LogP contribution in [-0.4, -0.2) is 27.5 Å². The molecule has 1 aromatic heterocycles. The van der Waals surface area contributed by atoms with Gasteiger partial charge in [0.05, 0.1) is 10.6 Å². The van der Waals surface area contributed by atoms with E-state index in [4.69, 9.17) is 0 Å². The van der Waals surface area contributed by atoms with E-state index in [2.05, 4.69) is 32.6 Å². The molecule has 2 heterocycles. The van der Waals surface area contributed by atoms with E-state index >= 15 is 0 Å². The number of nitro groups is 1.